The number of hydrogen-bond donors (Lipinski definition) is 6. The van der Waals surface area contributed by atoms with Gasteiger partial charge in [-0.05, 0) is 6.92 Å². The number of esters is 2. The van der Waals surface area contributed by atoms with Crippen LogP contribution < -0.4 is 5.73 Å². The number of β-amino-alcohol motifs (C(OH)–C–C–N with tert-alkyl or cyclic N) is 1. The number of aliphatic hydroxyl groups is 5. The van der Waals surface area contributed by atoms with Crippen LogP contribution in [0, 0.1) is 23.7 Å². The van der Waals surface area contributed by atoms with Crippen LogP contribution >= 0.6 is 0 Å². The Balaban J connectivity index is 0.000000212. The molecule has 6 rings (SSSR count). The van der Waals surface area contributed by atoms with E-state index in [1.807, 2.05) is 24.3 Å². The molecule has 0 aliphatic carbocycles. The van der Waals surface area contributed by atoms with Gasteiger partial charge in [0.2, 0.25) is 11.8 Å². The molecule has 10 unspecified atom stereocenters. The van der Waals surface area contributed by atoms with Crippen molar-refractivity contribution in [1.82, 2.24) is 4.90 Å². The molecule has 0 radical (unpaired) electrons. The van der Waals surface area contributed by atoms with Crippen LogP contribution in [0.4, 0.5) is 0 Å². The third kappa shape index (κ3) is 6.61. The van der Waals surface area contributed by atoms with E-state index in [9.17, 15) is 24.3 Å². The molecule has 14 nitrogen and oxygen atoms in total. The minimum Gasteiger partial charge on any atom is -0.397 e. The topological polar surface area (TPSA) is 226 Å². The fourth-order valence-corrected chi connectivity index (χ4v) is 4.99. The number of nitrogens with two attached hydrogens (primary N) is 1. The molecule has 4 bridgehead atoms. The van der Waals surface area contributed by atoms with Crippen molar-refractivity contribution in [3.05, 3.63) is 24.3 Å². The third-order valence-corrected chi connectivity index (χ3v) is 6.73. The first kappa shape index (κ1) is 32.7. The molecular formula is C25H38N2O12. The fraction of sp³-hybridized carbons (Fsp3) is 0.680. The first-order valence-electron chi connectivity index (χ1n) is 12.3. The normalized spacial score (nSPS) is 35.1. The Kier molecular flexibility index (Phi) is 11.9. The predicted octanol–water partition coefficient (Wildman–Crippen LogP) is -3.15. The van der Waals surface area contributed by atoms with Gasteiger partial charge in [0.1, 0.15) is 11.8 Å². The van der Waals surface area contributed by atoms with Gasteiger partial charge in [-0.25, -0.2) is 0 Å². The van der Waals surface area contributed by atoms with Gasteiger partial charge in [-0.3, -0.25) is 24.1 Å². The Morgan fingerprint density at radius 1 is 0.769 bits per heavy atom. The summed E-state index contributed by atoms with van der Waals surface area (Å²) in [7, 11) is 0. The van der Waals surface area contributed by atoms with Gasteiger partial charge < -0.3 is 45.5 Å². The first-order chi connectivity index (χ1) is 18.1. The number of amides is 2. The minimum absolute atomic E-state index is 0. The molecule has 0 aromatic carbocycles. The van der Waals surface area contributed by atoms with Crippen molar-refractivity contribution in [3.63, 3.8) is 0 Å². The van der Waals surface area contributed by atoms with Gasteiger partial charge in [0.05, 0.1) is 68.2 Å². The molecule has 0 spiro atoms. The lowest BCUT2D eigenvalue weighted by molar-refractivity contribution is -0.156. The van der Waals surface area contributed by atoms with Crippen molar-refractivity contribution in [3.8, 4) is 0 Å². The zero-order valence-corrected chi connectivity index (χ0v) is 20.7. The Morgan fingerprint density at radius 2 is 1.13 bits per heavy atom. The maximum atomic E-state index is 12.0. The molecule has 0 saturated carbocycles. The number of nitrogens with zero attached hydrogens (tertiary/aromatic N) is 1. The molecule has 7 N–H and O–H groups in total. The van der Waals surface area contributed by atoms with E-state index in [4.69, 9.17) is 35.6 Å². The van der Waals surface area contributed by atoms with Crippen LogP contribution in [0.1, 0.15) is 14.4 Å². The number of imide groups is 1. The van der Waals surface area contributed by atoms with Gasteiger partial charge in [0, 0.05) is 13.2 Å². The number of carbonyl (C=O) groups is 4. The van der Waals surface area contributed by atoms with E-state index in [1.165, 1.54) is 0 Å². The van der Waals surface area contributed by atoms with Crippen molar-refractivity contribution in [2.75, 3.05) is 32.9 Å². The SMILES string of the molecule is C.CCO.NCC(O)CO.O=C1C2C3C=CC(O3)C2C(=O)N1CC(O)CO.O=C1OC(=O)C2C3C=CC(O3)C12. The minimum atomic E-state index is -1.08. The van der Waals surface area contributed by atoms with Gasteiger partial charge in [-0.15, -0.1) is 0 Å². The highest BCUT2D eigenvalue weighted by Gasteiger charge is 2.61. The molecule has 220 valence electrons. The molecule has 6 heterocycles. The number of hydrogen-bond acceptors (Lipinski definition) is 13. The van der Waals surface area contributed by atoms with Crippen LogP contribution in [0.15, 0.2) is 24.3 Å². The number of rotatable bonds is 5. The molecule has 6 aliphatic heterocycles. The highest BCUT2D eigenvalue weighted by atomic mass is 16.6. The summed E-state index contributed by atoms with van der Waals surface area (Å²) in [4.78, 5) is 47.3. The highest BCUT2D eigenvalue weighted by molar-refractivity contribution is 6.06. The average Bonchev–Trinajstić information content (AvgIpc) is 3.75. The second-order valence-corrected chi connectivity index (χ2v) is 9.26. The van der Waals surface area contributed by atoms with Gasteiger partial charge in [-0.2, -0.15) is 0 Å². The van der Waals surface area contributed by atoms with Crippen molar-refractivity contribution in [1.29, 1.82) is 0 Å². The summed E-state index contributed by atoms with van der Waals surface area (Å²) in [6.45, 7) is 1.22. The number of ether oxygens (including phenoxy) is 3. The molecule has 0 aromatic rings. The molecule has 10 atom stereocenters. The zero-order valence-electron chi connectivity index (χ0n) is 20.7. The van der Waals surface area contributed by atoms with E-state index in [0.717, 1.165) is 4.90 Å². The third-order valence-electron chi connectivity index (χ3n) is 6.73. The van der Waals surface area contributed by atoms with Crippen LogP contribution in [-0.2, 0) is 33.4 Å². The van der Waals surface area contributed by atoms with Crippen LogP contribution in [0.5, 0.6) is 0 Å². The Morgan fingerprint density at radius 3 is 1.44 bits per heavy atom. The lowest BCUT2D eigenvalue weighted by Crippen LogP contribution is -2.40. The molecule has 14 heteroatoms. The molecule has 0 aromatic heterocycles. The second-order valence-electron chi connectivity index (χ2n) is 9.26. The Bertz CT molecular complexity index is 893. The van der Waals surface area contributed by atoms with E-state index in [0.29, 0.717) is 0 Å². The van der Waals surface area contributed by atoms with Crippen molar-refractivity contribution in [2.24, 2.45) is 29.4 Å². The van der Waals surface area contributed by atoms with E-state index in [1.54, 1.807) is 6.92 Å². The van der Waals surface area contributed by atoms with Crippen molar-refractivity contribution >= 4 is 23.8 Å². The van der Waals surface area contributed by atoms with Gasteiger partial charge in [0.15, 0.2) is 0 Å². The Labute approximate surface area is 225 Å². The molecule has 4 saturated heterocycles. The fourth-order valence-electron chi connectivity index (χ4n) is 4.99. The first-order valence-corrected chi connectivity index (χ1v) is 12.3. The summed E-state index contributed by atoms with van der Waals surface area (Å²) >= 11 is 0. The zero-order chi connectivity index (χ0) is 28.1. The lowest BCUT2D eigenvalue weighted by Gasteiger charge is -2.19. The highest BCUT2D eigenvalue weighted by Crippen LogP contribution is 2.45. The largest absolute Gasteiger partial charge is 0.397 e. The van der Waals surface area contributed by atoms with Crippen LogP contribution in [0.2, 0.25) is 0 Å². The smallest absolute Gasteiger partial charge is 0.320 e. The summed E-state index contributed by atoms with van der Waals surface area (Å²) in [5, 5.41) is 41.9. The number of cyclic esters (lactones) is 2. The molecule has 4 fully saturated rings. The number of aliphatic hydroxyl groups excluding tert-OH is 5. The monoisotopic (exact) mass is 558 g/mol. The second kappa shape index (κ2) is 14.2. The number of carbonyl (C=O) groups excluding carboxylic acids is 4. The average molecular weight is 559 g/mol. The maximum Gasteiger partial charge on any atom is 0.320 e. The van der Waals surface area contributed by atoms with Crippen molar-refractivity contribution in [2.45, 2.75) is 51.0 Å². The van der Waals surface area contributed by atoms with E-state index in [2.05, 4.69) is 4.74 Å². The molecule has 6 aliphatic rings. The number of likely N-dealkylation sites (tertiary alicyclic amines) is 1. The predicted molar refractivity (Wildman–Crippen MR) is 132 cm³/mol. The number of fused-ring (bicyclic) bond motifs is 10. The summed E-state index contributed by atoms with van der Waals surface area (Å²) in [6.07, 6.45) is 4.40. The lowest BCUT2D eigenvalue weighted by atomic mass is 9.85. The maximum absolute atomic E-state index is 12.0. The van der Waals surface area contributed by atoms with Gasteiger partial charge in [-0.1, -0.05) is 31.7 Å². The molecule has 2 amide bonds. The van der Waals surface area contributed by atoms with Crippen LogP contribution in [-0.4, -0.2) is 124 Å². The summed E-state index contributed by atoms with van der Waals surface area (Å²) in [5.41, 5.74) is 4.87. The summed E-state index contributed by atoms with van der Waals surface area (Å²) < 4.78 is 15.3. The molecular weight excluding hydrogens is 520 g/mol. The summed E-state index contributed by atoms with van der Waals surface area (Å²) in [6, 6.07) is 0. The van der Waals surface area contributed by atoms with Crippen LogP contribution in [0.25, 0.3) is 0 Å². The van der Waals surface area contributed by atoms with Gasteiger partial charge in [0.25, 0.3) is 0 Å². The van der Waals surface area contributed by atoms with Gasteiger partial charge >= 0.3 is 11.9 Å². The van der Waals surface area contributed by atoms with Crippen LogP contribution in [0.3, 0.4) is 0 Å². The summed E-state index contributed by atoms with van der Waals surface area (Å²) in [5.74, 6) is -3.08. The van der Waals surface area contributed by atoms with E-state index in [-0.39, 0.29) is 81.8 Å². The van der Waals surface area contributed by atoms with E-state index < -0.39 is 42.6 Å². The van der Waals surface area contributed by atoms with E-state index >= 15 is 0 Å². The van der Waals surface area contributed by atoms with Crippen molar-refractivity contribution < 1.29 is 58.9 Å². The standard InChI is InChI=1S/C11H13NO5.C8H6O4.C3H9NO2.C2H6O.CH4/c13-4-5(14)3-12-10(15)8-6-1-2-7(17-6)9(8)11(12)16;9-7-5-3-1-2-4(11-3)6(5)8(10)12-7;4-1-3(6)2-5;1-2-3;/h1-2,5-9,13-14H,3-4H2;1-6H;3,5-6H,1-2,4H2;3H,2H2,1H3;1H4. The molecule has 39 heavy (non-hydrogen) atoms. The Hall–Kier alpha value is -2.56. The quantitative estimate of drug-likeness (QED) is 0.0849.